The summed E-state index contributed by atoms with van der Waals surface area (Å²) in [4.78, 5) is 0. The number of rotatable bonds is 5. The van der Waals surface area contributed by atoms with Crippen molar-refractivity contribution in [2.24, 2.45) is 4.40 Å². The Balaban J connectivity index is 3.40. The molecule has 1 rings (SSSR count). The maximum absolute atomic E-state index is 14.6. The van der Waals surface area contributed by atoms with Crippen LogP contribution in [0.1, 0.15) is 45.7 Å². The predicted octanol–water partition coefficient (Wildman–Crippen LogP) is 2.93. The van der Waals surface area contributed by atoms with E-state index in [4.69, 9.17) is 5.11 Å². The zero-order valence-corrected chi connectivity index (χ0v) is 15.0. The maximum Gasteiger partial charge on any atom is 0.306 e. The van der Waals surface area contributed by atoms with Gasteiger partial charge in [0.2, 0.25) is 0 Å². The molecule has 1 aromatic carbocycles. The molecule has 0 radical (unpaired) electrons. The highest BCUT2D eigenvalue weighted by Gasteiger charge is 2.52. The Kier molecular flexibility index (Phi) is 6.14. The fourth-order valence-corrected chi connectivity index (χ4v) is 2.37. The van der Waals surface area contributed by atoms with Crippen LogP contribution in [0.2, 0.25) is 0 Å². The Morgan fingerprint density at radius 1 is 1.25 bits per heavy atom. The fourth-order valence-electron chi connectivity index (χ4n) is 1.75. The second-order valence-corrected chi connectivity index (χ2v) is 8.62. The normalized spacial score (nSPS) is 17.5. The van der Waals surface area contributed by atoms with Crippen molar-refractivity contribution in [1.82, 2.24) is 0 Å². The molecule has 2 N–H and O–H groups in total. The minimum absolute atomic E-state index is 0.00190. The molecule has 24 heavy (non-hydrogen) atoms. The molecule has 136 valence electrons. The van der Waals surface area contributed by atoms with Crippen molar-refractivity contribution in [3.8, 4) is 0 Å². The van der Waals surface area contributed by atoms with Crippen LogP contribution in [-0.2, 0) is 17.3 Å². The van der Waals surface area contributed by atoms with Crippen molar-refractivity contribution in [2.45, 2.75) is 50.9 Å². The van der Waals surface area contributed by atoms with E-state index < -0.39 is 45.6 Å². The molecule has 1 aromatic rings. The van der Waals surface area contributed by atoms with Crippen LogP contribution in [0.25, 0.3) is 0 Å². The summed E-state index contributed by atoms with van der Waals surface area (Å²) in [6, 6.07) is 3.26. The van der Waals surface area contributed by atoms with Gasteiger partial charge in [-0.15, -0.1) is 0 Å². The first-order valence-corrected chi connectivity index (χ1v) is 8.34. The molecular weight excluding hydrogens is 343 g/mol. The van der Waals surface area contributed by atoms with Gasteiger partial charge in [0, 0.05) is 5.56 Å². The number of halogens is 3. The number of aliphatic hydroxyl groups excluding tert-OH is 1. The van der Waals surface area contributed by atoms with Crippen LogP contribution in [0.4, 0.5) is 13.2 Å². The van der Waals surface area contributed by atoms with Gasteiger partial charge in [-0.1, -0.05) is 16.5 Å². The van der Waals surface area contributed by atoms with E-state index in [0.29, 0.717) is 6.92 Å². The summed E-state index contributed by atoms with van der Waals surface area (Å²) in [5.74, 6) is -5.30. The summed E-state index contributed by atoms with van der Waals surface area (Å²) >= 11 is -1.68. The van der Waals surface area contributed by atoms with Crippen LogP contribution >= 0.6 is 0 Å². The zero-order chi connectivity index (χ0) is 18.9. The maximum atomic E-state index is 14.6. The molecule has 0 aliphatic heterocycles. The lowest BCUT2D eigenvalue weighted by atomic mass is 9.90. The third-order valence-electron chi connectivity index (χ3n) is 3.45. The highest BCUT2D eigenvalue weighted by Crippen LogP contribution is 2.40. The van der Waals surface area contributed by atoms with Crippen LogP contribution < -0.4 is 0 Å². The van der Waals surface area contributed by atoms with E-state index in [9.17, 15) is 22.8 Å². The highest BCUT2D eigenvalue weighted by atomic mass is 32.2. The lowest BCUT2D eigenvalue weighted by Crippen LogP contribution is -2.47. The summed E-state index contributed by atoms with van der Waals surface area (Å²) in [6.45, 7) is 5.88. The van der Waals surface area contributed by atoms with Crippen molar-refractivity contribution in [3.05, 3.63) is 35.1 Å². The molecule has 0 amide bonds. The number of benzene rings is 1. The van der Waals surface area contributed by atoms with Gasteiger partial charge in [-0.2, -0.15) is 8.78 Å². The van der Waals surface area contributed by atoms with Gasteiger partial charge < -0.3 is 14.8 Å². The van der Waals surface area contributed by atoms with Crippen molar-refractivity contribution in [1.29, 1.82) is 0 Å². The van der Waals surface area contributed by atoms with Gasteiger partial charge >= 0.3 is 5.92 Å². The van der Waals surface area contributed by atoms with Gasteiger partial charge in [0.05, 0.1) is 17.9 Å². The topological polar surface area (TPSA) is 75.9 Å². The zero-order valence-electron chi connectivity index (χ0n) is 14.2. The third-order valence-corrected chi connectivity index (χ3v) is 4.94. The SMILES string of the molecule is CC(=N[S+]([O-])C(C)(C)C)c1cccc(C(F)(F)C(C)(O)CO)c1F. The van der Waals surface area contributed by atoms with Crippen molar-refractivity contribution in [3.63, 3.8) is 0 Å². The molecule has 2 unspecified atom stereocenters. The molecule has 0 aliphatic carbocycles. The van der Waals surface area contributed by atoms with E-state index in [2.05, 4.69) is 4.40 Å². The molecule has 0 saturated carbocycles. The molecule has 0 fully saturated rings. The van der Waals surface area contributed by atoms with Gasteiger partial charge in [-0.25, -0.2) is 4.39 Å². The molecular formula is C16H22F3NO3S. The third kappa shape index (κ3) is 4.11. The smallest absolute Gasteiger partial charge is 0.306 e. The van der Waals surface area contributed by atoms with Gasteiger partial charge in [0.25, 0.3) is 0 Å². The molecule has 0 bridgehead atoms. The van der Waals surface area contributed by atoms with Crippen molar-refractivity contribution in [2.75, 3.05) is 6.61 Å². The summed E-state index contributed by atoms with van der Waals surface area (Å²) in [7, 11) is 0. The highest BCUT2D eigenvalue weighted by molar-refractivity contribution is 7.91. The van der Waals surface area contributed by atoms with Crippen LogP contribution in [0, 0.1) is 5.82 Å². The van der Waals surface area contributed by atoms with Gasteiger partial charge in [0.15, 0.2) is 5.60 Å². The van der Waals surface area contributed by atoms with Crippen LogP contribution in [0.3, 0.4) is 0 Å². The Labute approximate surface area is 142 Å². The Hall–Kier alpha value is -1.09. The quantitative estimate of drug-likeness (QED) is 0.622. The molecule has 2 atom stereocenters. The molecule has 0 aliphatic rings. The molecule has 0 spiro atoms. The number of hydrogen-bond donors (Lipinski definition) is 2. The predicted molar refractivity (Wildman–Crippen MR) is 88.1 cm³/mol. The molecule has 8 heteroatoms. The minimum Gasteiger partial charge on any atom is -0.591 e. The van der Waals surface area contributed by atoms with Crippen LogP contribution in [0.5, 0.6) is 0 Å². The monoisotopic (exact) mass is 365 g/mol. The van der Waals surface area contributed by atoms with E-state index >= 15 is 0 Å². The second-order valence-electron chi connectivity index (χ2n) is 6.71. The van der Waals surface area contributed by atoms with E-state index in [1.807, 2.05) is 0 Å². The number of nitrogens with zero attached hydrogens (tertiary/aromatic N) is 1. The molecule has 4 nitrogen and oxygen atoms in total. The second kappa shape index (κ2) is 7.03. The molecule has 0 aromatic heterocycles. The molecule has 0 saturated heterocycles. The largest absolute Gasteiger partial charge is 0.591 e. The standard InChI is InChI=1S/C16H22F3NO3S/c1-10(20-24(23)14(2,3)4)11-7-6-8-12(13(11)17)16(18,19)15(5,22)9-21/h6-8,21-22H,9H2,1-5H3. The first kappa shape index (κ1) is 21.0. The first-order valence-electron chi connectivity index (χ1n) is 7.23. The van der Waals surface area contributed by atoms with E-state index in [1.54, 1.807) is 20.8 Å². The van der Waals surface area contributed by atoms with Crippen molar-refractivity contribution >= 4 is 17.1 Å². The summed E-state index contributed by atoms with van der Waals surface area (Å²) in [5, 5.41) is 18.6. The summed E-state index contributed by atoms with van der Waals surface area (Å²) < 4.78 is 58.5. The van der Waals surface area contributed by atoms with E-state index in [1.165, 1.54) is 19.1 Å². The fraction of sp³-hybridized carbons (Fsp3) is 0.562. The molecule has 0 heterocycles. The Morgan fingerprint density at radius 3 is 2.25 bits per heavy atom. The van der Waals surface area contributed by atoms with Crippen LogP contribution in [-0.4, -0.2) is 37.4 Å². The van der Waals surface area contributed by atoms with Crippen molar-refractivity contribution < 1.29 is 27.9 Å². The summed E-state index contributed by atoms with van der Waals surface area (Å²) in [5.41, 5.74) is -4.12. The summed E-state index contributed by atoms with van der Waals surface area (Å²) in [6.07, 6.45) is 0. The first-order chi connectivity index (χ1) is 10.8. The number of aliphatic hydroxyl groups is 2. The van der Waals surface area contributed by atoms with Crippen LogP contribution in [0.15, 0.2) is 22.6 Å². The Morgan fingerprint density at radius 2 is 1.79 bits per heavy atom. The minimum atomic E-state index is -4.02. The average Bonchev–Trinajstić information content (AvgIpc) is 2.45. The average molecular weight is 365 g/mol. The Bertz CT molecular complexity index is 627. The van der Waals surface area contributed by atoms with E-state index in [-0.39, 0.29) is 11.3 Å². The van der Waals surface area contributed by atoms with E-state index in [0.717, 1.165) is 6.07 Å². The number of alkyl halides is 2. The number of hydrogen-bond acceptors (Lipinski definition) is 4. The lowest BCUT2D eigenvalue weighted by molar-refractivity contribution is -0.196. The van der Waals surface area contributed by atoms with Gasteiger partial charge in [-0.05, 0) is 40.7 Å². The lowest BCUT2D eigenvalue weighted by Gasteiger charge is -2.31. The van der Waals surface area contributed by atoms with Gasteiger partial charge in [-0.3, -0.25) is 0 Å². The van der Waals surface area contributed by atoms with Gasteiger partial charge in [0.1, 0.15) is 21.9 Å².